The van der Waals surface area contributed by atoms with E-state index in [2.05, 4.69) is 11.4 Å². The fourth-order valence-corrected chi connectivity index (χ4v) is 2.07. The minimum absolute atomic E-state index is 0. The Hall–Kier alpha value is 2.15. The second kappa shape index (κ2) is 21.4. The Bertz CT molecular complexity index is 171. The molecule has 0 aliphatic heterocycles. The van der Waals surface area contributed by atoms with Crippen molar-refractivity contribution in [2.75, 3.05) is 6.61 Å². The van der Waals surface area contributed by atoms with Crippen molar-refractivity contribution in [2.24, 2.45) is 0 Å². The fraction of sp³-hybridized carbons (Fsp3) is 1.00. The van der Waals surface area contributed by atoms with Crippen molar-refractivity contribution in [3.8, 4) is 0 Å². The fourth-order valence-electron chi connectivity index (χ4n) is 1.75. The van der Waals surface area contributed by atoms with Crippen molar-refractivity contribution in [2.45, 2.75) is 71.1 Å². The van der Waals surface area contributed by atoms with Crippen molar-refractivity contribution in [3.05, 3.63) is 0 Å². The minimum atomic E-state index is -2.69. The normalized spacial score (nSPS) is 11.4. The number of unbranched alkanes of at least 4 members (excludes halogenated alkanes) is 9. The Kier molecular flexibility index (Phi) is 29.9. The maximum atomic E-state index is 10.2. The summed E-state index contributed by atoms with van der Waals surface area (Å²) in [5.74, 6) is 0. The zero-order valence-corrected chi connectivity index (χ0v) is 11.5. The van der Waals surface area contributed by atoms with Crippen LogP contribution in [0.4, 0.5) is 0 Å². The van der Waals surface area contributed by atoms with Crippen molar-refractivity contribution in [3.63, 3.8) is 0 Å². The SMILES string of the molecule is CCCCCCCCCCCCO[PH](=O)O.[NaH].[NaH]. The summed E-state index contributed by atoms with van der Waals surface area (Å²) in [7, 11) is -2.69. The molecule has 1 unspecified atom stereocenters. The first kappa shape index (κ1) is 25.1. The van der Waals surface area contributed by atoms with Crippen LogP contribution in [0.25, 0.3) is 0 Å². The van der Waals surface area contributed by atoms with Crippen LogP contribution < -0.4 is 0 Å². The van der Waals surface area contributed by atoms with Gasteiger partial charge in [0.25, 0.3) is 0 Å². The molecule has 0 spiro atoms. The van der Waals surface area contributed by atoms with Gasteiger partial charge in [-0.1, -0.05) is 64.7 Å². The summed E-state index contributed by atoms with van der Waals surface area (Å²) < 4.78 is 14.8. The molecule has 0 aliphatic rings. The van der Waals surface area contributed by atoms with Gasteiger partial charge in [0.1, 0.15) is 0 Å². The molecule has 102 valence electrons. The van der Waals surface area contributed by atoms with Crippen LogP contribution in [0.1, 0.15) is 71.1 Å². The van der Waals surface area contributed by atoms with E-state index >= 15 is 0 Å². The molecule has 0 aliphatic carbocycles. The number of rotatable bonds is 12. The van der Waals surface area contributed by atoms with Gasteiger partial charge < -0.3 is 9.42 Å². The summed E-state index contributed by atoms with van der Waals surface area (Å²) in [4.78, 5) is 8.42. The topological polar surface area (TPSA) is 46.5 Å². The standard InChI is InChI=1S/C12H27O3P.2Na.2H/c1-2-3-4-5-6-7-8-9-10-11-12-15-16(13)14;;;;/h16H,2-12H2,1H3,(H,13,14);;;;. The number of hydrogen-bond donors (Lipinski definition) is 1. The van der Waals surface area contributed by atoms with Gasteiger partial charge in [-0.05, 0) is 6.42 Å². The Morgan fingerprint density at radius 2 is 1.22 bits per heavy atom. The summed E-state index contributed by atoms with van der Waals surface area (Å²) >= 11 is 0. The van der Waals surface area contributed by atoms with E-state index in [0.717, 1.165) is 12.8 Å². The van der Waals surface area contributed by atoms with E-state index in [1.807, 2.05) is 0 Å². The van der Waals surface area contributed by atoms with E-state index < -0.39 is 8.25 Å². The van der Waals surface area contributed by atoms with E-state index in [0.29, 0.717) is 6.61 Å². The van der Waals surface area contributed by atoms with E-state index in [1.165, 1.54) is 51.4 Å². The average molecular weight is 298 g/mol. The molecule has 0 bridgehead atoms. The third-order valence-electron chi connectivity index (χ3n) is 2.72. The van der Waals surface area contributed by atoms with Gasteiger partial charge in [0, 0.05) is 0 Å². The van der Waals surface area contributed by atoms with Gasteiger partial charge in [0.05, 0.1) is 6.61 Å². The van der Waals surface area contributed by atoms with Gasteiger partial charge in [-0.2, -0.15) is 0 Å². The Labute approximate surface area is 157 Å². The summed E-state index contributed by atoms with van der Waals surface area (Å²) in [6.07, 6.45) is 12.7. The zero-order chi connectivity index (χ0) is 12.1. The van der Waals surface area contributed by atoms with Gasteiger partial charge in [-0.25, -0.2) is 0 Å². The van der Waals surface area contributed by atoms with Crippen molar-refractivity contribution in [1.82, 2.24) is 0 Å². The van der Waals surface area contributed by atoms with Crippen LogP contribution in [0.15, 0.2) is 0 Å². The third kappa shape index (κ3) is 23.3. The second-order valence-electron chi connectivity index (χ2n) is 4.30. The van der Waals surface area contributed by atoms with Gasteiger partial charge in [0.15, 0.2) is 0 Å². The molecule has 0 aromatic rings. The molecule has 0 saturated carbocycles. The summed E-state index contributed by atoms with van der Waals surface area (Å²) in [5, 5.41) is 0. The van der Waals surface area contributed by atoms with Gasteiger partial charge >= 0.3 is 67.4 Å². The molecule has 0 aromatic carbocycles. The molecular weight excluding hydrogens is 269 g/mol. The molecule has 0 aromatic heterocycles. The molecule has 0 amide bonds. The first-order valence-corrected chi connectivity index (χ1v) is 7.89. The van der Waals surface area contributed by atoms with Crippen LogP contribution in [-0.2, 0) is 9.09 Å². The second-order valence-corrected chi connectivity index (χ2v) is 5.12. The molecule has 1 N–H and O–H groups in total. The van der Waals surface area contributed by atoms with Crippen LogP contribution in [0.5, 0.6) is 0 Å². The molecule has 0 rings (SSSR count). The van der Waals surface area contributed by atoms with Crippen LogP contribution in [0.2, 0.25) is 0 Å². The van der Waals surface area contributed by atoms with E-state index in [-0.39, 0.29) is 59.1 Å². The maximum absolute atomic E-state index is 10.2. The first-order chi connectivity index (χ1) is 7.77. The molecule has 18 heavy (non-hydrogen) atoms. The predicted octanol–water partition coefficient (Wildman–Crippen LogP) is 3.01. The Balaban J connectivity index is -0.00000112. The van der Waals surface area contributed by atoms with Crippen LogP contribution >= 0.6 is 8.25 Å². The predicted molar refractivity (Wildman–Crippen MR) is 83.3 cm³/mol. The molecule has 3 nitrogen and oxygen atoms in total. The summed E-state index contributed by atoms with van der Waals surface area (Å²) in [5.41, 5.74) is 0. The van der Waals surface area contributed by atoms with Crippen LogP contribution in [0, 0.1) is 0 Å². The molecule has 0 heterocycles. The Morgan fingerprint density at radius 1 is 0.833 bits per heavy atom. The third-order valence-corrected chi connectivity index (χ3v) is 3.17. The van der Waals surface area contributed by atoms with E-state index in [4.69, 9.17) is 4.89 Å². The van der Waals surface area contributed by atoms with Gasteiger partial charge in [-0.3, -0.25) is 4.57 Å². The quantitative estimate of drug-likeness (QED) is 0.342. The molecule has 1 atom stereocenters. The monoisotopic (exact) mass is 298 g/mol. The van der Waals surface area contributed by atoms with Crippen molar-refractivity contribution >= 4 is 67.4 Å². The van der Waals surface area contributed by atoms with Gasteiger partial charge in [-0.15, -0.1) is 0 Å². The van der Waals surface area contributed by atoms with Gasteiger partial charge in [0.2, 0.25) is 0 Å². The Morgan fingerprint density at radius 3 is 1.61 bits per heavy atom. The molecule has 0 radical (unpaired) electrons. The molecule has 6 heteroatoms. The van der Waals surface area contributed by atoms with Crippen LogP contribution in [0.3, 0.4) is 0 Å². The summed E-state index contributed by atoms with van der Waals surface area (Å²) in [6.45, 7) is 2.67. The van der Waals surface area contributed by atoms with Crippen LogP contribution in [-0.4, -0.2) is 70.6 Å². The molecule has 0 fully saturated rings. The summed E-state index contributed by atoms with van der Waals surface area (Å²) in [6, 6.07) is 0. The molecule has 0 saturated heterocycles. The van der Waals surface area contributed by atoms with E-state index in [9.17, 15) is 4.57 Å². The van der Waals surface area contributed by atoms with Crippen molar-refractivity contribution < 1.29 is 14.0 Å². The van der Waals surface area contributed by atoms with Crippen molar-refractivity contribution in [1.29, 1.82) is 0 Å². The van der Waals surface area contributed by atoms with E-state index in [1.54, 1.807) is 0 Å². The molecular formula is C12H29Na2O3P. The zero-order valence-electron chi connectivity index (χ0n) is 10.5. The number of hydrogen-bond acceptors (Lipinski definition) is 2. The first-order valence-electron chi connectivity index (χ1n) is 6.63. The average Bonchev–Trinajstić information content (AvgIpc) is 2.25.